The van der Waals surface area contributed by atoms with Crippen LogP contribution < -0.4 is 5.32 Å². The Morgan fingerprint density at radius 1 is 1.19 bits per heavy atom. The van der Waals surface area contributed by atoms with E-state index in [-0.39, 0.29) is 11.6 Å². The first-order chi connectivity index (χ1) is 10.1. The van der Waals surface area contributed by atoms with Gasteiger partial charge in [0.25, 0.3) is 11.6 Å². The lowest BCUT2D eigenvalue weighted by Gasteiger charge is -2.00. The van der Waals surface area contributed by atoms with Crippen LogP contribution in [0.2, 0.25) is 5.02 Å². The third-order valence-corrected chi connectivity index (χ3v) is 3.43. The van der Waals surface area contributed by atoms with Crippen LogP contribution in [0.1, 0.15) is 11.1 Å². The fraction of sp³-hybridized carbons (Fsp3) is 0. The fourth-order valence-electron chi connectivity index (χ4n) is 2.23. The molecule has 0 spiro atoms. The van der Waals surface area contributed by atoms with Gasteiger partial charge in [-0.1, -0.05) is 23.7 Å². The van der Waals surface area contributed by atoms with Crippen LogP contribution in [0.25, 0.3) is 11.6 Å². The summed E-state index contributed by atoms with van der Waals surface area (Å²) in [5, 5.41) is 14.2. The number of fused-ring (bicyclic) bond motifs is 1. The normalized spacial score (nSPS) is 14.9. The summed E-state index contributed by atoms with van der Waals surface area (Å²) in [6.07, 6.45) is 1.51. The third kappa shape index (κ3) is 2.39. The number of nitro groups is 1. The van der Waals surface area contributed by atoms with E-state index < -0.39 is 4.92 Å². The van der Waals surface area contributed by atoms with Crippen molar-refractivity contribution in [1.82, 2.24) is 0 Å². The van der Waals surface area contributed by atoms with Crippen molar-refractivity contribution in [3.8, 4) is 0 Å². The molecule has 3 rings (SSSR count). The second-order valence-corrected chi connectivity index (χ2v) is 4.95. The number of carbonyl (C=O) groups excluding carboxylic acids is 1. The highest BCUT2D eigenvalue weighted by Gasteiger charge is 2.25. The molecule has 2 aromatic rings. The number of anilines is 1. The summed E-state index contributed by atoms with van der Waals surface area (Å²) in [5.41, 5.74) is 1.98. The number of carbonyl (C=O) groups is 1. The fourth-order valence-corrected chi connectivity index (χ4v) is 2.41. The molecule has 0 radical (unpaired) electrons. The van der Waals surface area contributed by atoms with E-state index in [1.165, 1.54) is 12.1 Å². The summed E-state index contributed by atoms with van der Waals surface area (Å²) in [6, 6.07) is 11.3. The standard InChI is InChI=1S/C15H9ClN2O3/c16-10-5-6-13-11(8-10)12(15(19)17-13)7-9-3-1-2-4-14(9)18(20)21/h1-8H,(H,17,19)/b12-7-. The van der Waals surface area contributed by atoms with E-state index in [2.05, 4.69) is 5.32 Å². The largest absolute Gasteiger partial charge is 0.321 e. The number of benzene rings is 2. The number of halogens is 1. The number of para-hydroxylation sites is 1. The topological polar surface area (TPSA) is 72.2 Å². The molecule has 2 aromatic carbocycles. The Balaban J connectivity index is 2.16. The summed E-state index contributed by atoms with van der Waals surface area (Å²) in [5.74, 6) is -0.301. The molecule has 1 amide bonds. The van der Waals surface area contributed by atoms with Gasteiger partial charge < -0.3 is 5.32 Å². The first-order valence-electron chi connectivity index (χ1n) is 6.12. The van der Waals surface area contributed by atoms with E-state index in [0.29, 0.717) is 27.4 Å². The maximum Gasteiger partial charge on any atom is 0.276 e. The lowest BCUT2D eigenvalue weighted by atomic mass is 10.0. The Morgan fingerprint density at radius 3 is 2.71 bits per heavy atom. The molecule has 1 aliphatic rings. The van der Waals surface area contributed by atoms with Gasteiger partial charge in [-0.15, -0.1) is 0 Å². The van der Waals surface area contributed by atoms with Gasteiger partial charge in [-0.2, -0.15) is 0 Å². The number of nitro benzene ring substituents is 1. The molecule has 0 unspecified atom stereocenters. The van der Waals surface area contributed by atoms with Crippen LogP contribution in [-0.2, 0) is 4.79 Å². The molecule has 0 bridgehead atoms. The molecule has 0 aliphatic carbocycles. The van der Waals surface area contributed by atoms with Crippen molar-refractivity contribution in [1.29, 1.82) is 0 Å². The summed E-state index contributed by atoms with van der Waals surface area (Å²) < 4.78 is 0. The van der Waals surface area contributed by atoms with E-state index in [0.717, 1.165) is 0 Å². The van der Waals surface area contributed by atoms with Gasteiger partial charge in [0.2, 0.25) is 0 Å². The first-order valence-corrected chi connectivity index (χ1v) is 6.50. The second kappa shape index (κ2) is 5.03. The summed E-state index contributed by atoms with van der Waals surface area (Å²) in [7, 11) is 0. The molecule has 0 saturated heterocycles. The van der Waals surface area contributed by atoms with Crippen LogP contribution in [0.3, 0.4) is 0 Å². The number of hydrogen-bond acceptors (Lipinski definition) is 3. The average molecular weight is 301 g/mol. The molecule has 0 aromatic heterocycles. The molecular weight excluding hydrogens is 292 g/mol. The number of nitrogens with zero attached hydrogens (tertiary/aromatic N) is 1. The highest BCUT2D eigenvalue weighted by molar-refractivity contribution is 6.36. The minimum atomic E-state index is -0.474. The van der Waals surface area contributed by atoms with Gasteiger partial charge in [-0.3, -0.25) is 14.9 Å². The second-order valence-electron chi connectivity index (χ2n) is 4.52. The van der Waals surface area contributed by atoms with Gasteiger partial charge in [-0.05, 0) is 30.3 Å². The molecule has 1 aliphatic heterocycles. The maximum atomic E-state index is 12.0. The molecule has 0 fully saturated rings. The number of nitrogens with one attached hydrogen (secondary N) is 1. The molecular formula is C15H9ClN2O3. The van der Waals surface area contributed by atoms with Crippen LogP contribution in [0.15, 0.2) is 42.5 Å². The molecule has 1 N–H and O–H groups in total. The predicted molar refractivity (Wildman–Crippen MR) is 81.0 cm³/mol. The predicted octanol–water partition coefficient (Wildman–Crippen LogP) is 3.74. The smallest absolute Gasteiger partial charge is 0.276 e. The van der Waals surface area contributed by atoms with E-state index in [1.807, 2.05) is 0 Å². The molecule has 6 heteroatoms. The molecule has 0 atom stereocenters. The zero-order valence-corrected chi connectivity index (χ0v) is 11.4. The maximum absolute atomic E-state index is 12.0. The van der Waals surface area contributed by atoms with Crippen LogP contribution in [-0.4, -0.2) is 10.8 Å². The van der Waals surface area contributed by atoms with Gasteiger partial charge in [0.1, 0.15) is 0 Å². The Morgan fingerprint density at radius 2 is 1.95 bits per heavy atom. The molecule has 0 saturated carbocycles. The van der Waals surface area contributed by atoms with E-state index in [4.69, 9.17) is 11.6 Å². The third-order valence-electron chi connectivity index (χ3n) is 3.20. The van der Waals surface area contributed by atoms with Crippen molar-refractivity contribution in [2.45, 2.75) is 0 Å². The SMILES string of the molecule is O=C1Nc2ccc(Cl)cc2/C1=C/c1ccccc1[N+](=O)[O-]. The van der Waals surface area contributed by atoms with Crippen LogP contribution in [0.4, 0.5) is 11.4 Å². The van der Waals surface area contributed by atoms with Crippen LogP contribution in [0.5, 0.6) is 0 Å². The van der Waals surface area contributed by atoms with Gasteiger partial charge in [-0.25, -0.2) is 0 Å². The van der Waals surface area contributed by atoms with Crippen molar-refractivity contribution in [2.24, 2.45) is 0 Å². The van der Waals surface area contributed by atoms with Crippen molar-refractivity contribution in [2.75, 3.05) is 5.32 Å². The van der Waals surface area contributed by atoms with Gasteiger partial charge in [0.05, 0.1) is 10.5 Å². The lowest BCUT2D eigenvalue weighted by molar-refractivity contribution is -0.385. The quantitative estimate of drug-likeness (QED) is 0.521. The van der Waals surface area contributed by atoms with Crippen molar-refractivity contribution in [3.63, 3.8) is 0 Å². The zero-order chi connectivity index (χ0) is 15.0. The van der Waals surface area contributed by atoms with Gasteiger partial charge >= 0.3 is 0 Å². The van der Waals surface area contributed by atoms with Crippen LogP contribution in [0, 0.1) is 10.1 Å². The van der Waals surface area contributed by atoms with E-state index in [1.54, 1.807) is 36.4 Å². The number of rotatable bonds is 2. The number of hydrogen-bond donors (Lipinski definition) is 1. The minimum Gasteiger partial charge on any atom is -0.321 e. The minimum absolute atomic E-state index is 0.0479. The molecule has 104 valence electrons. The van der Waals surface area contributed by atoms with Crippen molar-refractivity contribution < 1.29 is 9.72 Å². The van der Waals surface area contributed by atoms with Crippen molar-refractivity contribution in [3.05, 3.63) is 68.7 Å². The lowest BCUT2D eigenvalue weighted by Crippen LogP contribution is -2.03. The zero-order valence-electron chi connectivity index (χ0n) is 10.7. The Kier molecular flexibility index (Phi) is 3.19. The summed E-state index contributed by atoms with van der Waals surface area (Å²) in [4.78, 5) is 22.6. The molecule has 5 nitrogen and oxygen atoms in total. The monoisotopic (exact) mass is 300 g/mol. The van der Waals surface area contributed by atoms with Crippen LogP contribution >= 0.6 is 11.6 Å². The molecule has 1 heterocycles. The molecule has 21 heavy (non-hydrogen) atoms. The highest BCUT2D eigenvalue weighted by Crippen LogP contribution is 2.35. The Bertz CT molecular complexity index is 799. The average Bonchev–Trinajstić information content (AvgIpc) is 2.75. The van der Waals surface area contributed by atoms with E-state index >= 15 is 0 Å². The summed E-state index contributed by atoms with van der Waals surface area (Å²) in [6.45, 7) is 0. The highest BCUT2D eigenvalue weighted by atomic mass is 35.5. The van der Waals surface area contributed by atoms with Gasteiger partial charge in [0, 0.05) is 27.9 Å². The van der Waals surface area contributed by atoms with E-state index in [9.17, 15) is 14.9 Å². The summed E-state index contributed by atoms with van der Waals surface area (Å²) >= 11 is 5.95. The number of amides is 1. The Labute approximate surface area is 125 Å². The van der Waals surface area contributed by atoms with Crippen molar-refractivity contribution >= 4 is 40.5 Å². The van der Waals surface area contributed by atoms with Gasteiger partial charge in [0.15, 0.2) is 0 Å². The first kappa shape index (κ1) is 13.3. The Hall–Kier alpha value is -2.66.